The van der Waals surface area contributed by atoms with Gasteiger partial charge in [-0.2, -0.15) is 0 Å². The van der Waals surface area contributed by atoms with Crippen LogP contribution in [0, 0.1) is 5.82 Å². The number of nitrogens with one attached hydrogen (secondary N) is 1. The molecule has 1 aliphatic carbocycles. The maximum atomic E-state index is 12.7. The van der Waals surface area contributed by atoms with E-state index in [-0.39, 0.29) is 18.2 Å². The van der Waals surface area contributed by atoms with Crippen molar-refractivity contribution in [1.82, 2.24) is 5.32 Å². The third-order valence-corrected chi connectivity index (χ3v) is 3.28. The minimum Gasteiger partial charge on any atom is -0.328 e. The molecule has 96 valence electrons. The van der Waals surface area contributed by atoms with Crippen LogP contribution in [0.15, 0.2) is 24.3 Å². The summed E-state index contributed by atoms with van der Waals surface area (Å²) in [5, 5.41) is 3.50. The summed E-state index contributed by atoms with van der Waals surface area (Å²) in [4.78, 5) is 0. The van der Waals surface area contributed by atoms with Crippen molar-refractivity contribution in [3.05, 3.63) is 35.6 Å². The van der Waals surface area contributed by atoms with E-state index in [9.17, 15) is 4.39 Å². The molecule has 0 aromatic heterocycles. The fraction of sp³-hybridized carbons (Fsp3) is 0.538. The van der Waals surface area contributed by atoms with Crippen LogP contribution in [-0.2, 0) is 6.54 Å². The molecule has 17 heavy (non-hydrogen) atoms. The molecular formula is C13H20ClFN2. The van der Waals surface area contributed by atoms with Crippen LogP contribution in [0.2, 0.25) is 0 Å². The Bertz CT molecular complexity index is 321. The molecule has 1 aliphatic rings. The van der Waals surface area contributed by atoms with Gasteiger partial charge in [0.15, 0.2) is 0 Å². The molecule has 0 spiro atoms. The summed E-state index contributed by atoms with van der Waals surface area (Å²) in [6.45, 7) is 0.820. The van der Waals surface area contributed by atoms with Gasteiger partial charge in [-0.1, -0.05) is 12.1 Å². The Hall–Kier alpha value is -0.640. The Labute approximate surface area is 108 Å². The van der Waals surface area contributed by atoms with E-state index < -0.39 is 0 Å². The topological polar surface area (TPSA) is 38.0 Å². The van der Waals surface area contributed by atoms with E-state index in [1.54, 1.807) is 0 Å². The molecule has 1 aromatic rings. The van der Waals surface area contributed by atoms with Crippen LogP contribution in [0.1, 0.15) is 31.2 Å². The SMILES string of the molecule is Cl.NC1CCC(NCc2ccc(F)cc2)CC1. The standard InChI is InChI=1S/C13H19FN2.ClH/c14-11-3-1-10(2-4-11)9-16-13-7-5-12(15)6-8-13;/h1-4,12-13,16H,5-9,15H2;1H. The second-order valence-corrected chi connectivity index (χ2v) is 4.62. The van der Waals surface area contributed by atoms with E-state index in [0.29, 0.717) is 12.1 Å². The van der Waals surface area contributed by atoms with Crippen molar-refractivity contribution in [2.75, 3.05) is 0 Å². The Kier molecular flexibility index (Phi) is 5.89. The molecule has 0 bridgehead atoms. The van der Waals surface area contributed by atoms with Gasteiger partial charge in [0.2, 0.25) is 0 Å². The van der Waals surface area contributed by atoms with Crippen LogP contribution in [0.5, 0.6) is 0 Å². The highest BCUT2D eigenvalue weighted by Gasteiger charge is 2.17. The lowest BCUT2D eigenvalue weighted by Crippen LogP contribution is -2.37. The van der Waals surface area contributed by atoms with Crippen LogP contribution < -0.4 is 11.1 Å². The van der Waals surface area contributed by atoms with Crippen LogP contribution >= 0.6 is 12.4 Å². The highest BCUT2D eigenvalue weighted by Crippen LogP contribution is 2.17. The normalized spacial score (nSPS) is 24.1. The zero-order chi connectivity index (χ0) is 11.4. The molecule has 1 saturated carbocycles. The second kappa shape index (κ2) is 6.94. The number of benzene rings is 1. The molecule has 0 saturated heterocycles. The fourth-order valence-corrected chi connectivity index (χ4v) is 2.19. The highest BCUT2D eigenvalue weighted by atomic mass is 35.5. The van der Waals surface area contributed by atoms with Crippen molar-refractivity contribution in [3.63, 3.8) is 0 Å². The Balaban J connectivity index is 0.00000144. The lowest BCUT2D eigenvalue weighted by Gasteiger charge is -2.26. The van der Waals surface area contributed by atoms with Gasteiger partial charge in [0, 0.05) is 18.6 Å². The van der Waals surface area contributed by atoms with Gasteiger partial charge in [0.05, 0.1) is 0 Å². The van der Waals surface area contributed by atoms with Gasteiger partial charge in [-0.25, -0.2) is 4.39 Å². The molecule has 4 heteroatoms. The molecule has 0 radical (unpaired) electrons. The average Bonchev–Trinajstić information content (AvgIpc) is 2.30. The lowest BCUT2D eigenvalue weighted by atomic mass is 9.92. The largest absolute Gasteiger partial charge is 0.328 e. The average molecular weight is 259 g/mol. The van der Waals surface area contributed by atoms with E-state index in [1.807, 2.05) is 12.1 Å². The molecule has 0 unspecified atom stereocenters. The first-order valence-electron chi connectivity index (χ1n) is 5.97. The predicted molar refractivity (Wildman–Crippen MR) is 70.7 cm³/mol. The number of halogens is 2. The van der Waals surface area contributed by atoms with Crippen LogP contribution in [0.3, 0.4) is 0 Å². The van der Waals surface area contributed by atoms with Crippen molar-refractivity contribution in [2.24, 2.45) is 5.73 Å². The maximum absolute atomic E-state index is 12.7. The highest BCUT2D eigenvalue weighted by molar-refractivity contribution is 5.85. The molecule has 0 amide bonds. The Morgan fingerprint density at radius 1 is 1.12 bits per heavy atom. The molecule has 0 aliphatic heterocycles. The lowest BCUT2D eigenvalue weighted by molar-refractivity contribution is 0.342. The van der Waals surface area contributed by atoms with Crippen molar-refractivity contribution in [1.29, 1.82) is 0 Å². The first-order chi connectivity index (χ1) is 7.74. The van der Waals surface area contributed by atoms with Gasteiger partial charge in [-0.3, -0.25) is 0 Å². The third kappa shape index (κ3) is 4.62. The van der Waals surface area contributed by atoms with Crippen molar-refractivity contribution in [2.45, 2.75) is 44.3 Å². The molecule has 2 nitrogen and oxygen atoms in total. The summed E-state index contributed by atoms with van der Waals surface area (Å²) in [5.74, 6) is -0.174. The summed E-state index contributed by atoms with van der Waals surface area (Å²) in [6, 6.07) is 7.64. The van der Waals surface area contributed by atoms with E-state index in [0.717, 1.165) is 37.8 Å². The molecule has 0 atom stereocenters. The van der Waals surface area contributed by atoms with E-state index in [2.05, 4.69) is 5.32 Å². The van der Waals surface area contributed by atoms with Crippen LogP contribution in [-0.4, -0.2) is 12.1 Å². The molecular weight excluding hydrogens is 239 g/mol. The van der Waals surface area contributed by atoms with Gasteiger partial charge in [-0.15, -0.1) is 12.4 Å². The minimum absolute atomic E-state index is 0. The molecule has 1 fully saturated rings. The van der Waals surface area contributed by atoms with Gasteiger partial charge in [-0.05, 0) is 43.4 Å². The van der Waals surface area contributed by atoms with Crippen molar-refractivity contribution >= 4 is 12.4 Å². The molecule has 2 rings (SSSR count). The fourth-order valence-electron chi connectivity index (χ4n) is 2.19. The number of hydrogen-bond acceptors (Lipinski definition) is 2. The summed E-state index contributed by atoms with van der Waals surface area (Å²) >= 11 is 0. The predicted octanol–water partition coefficient (Wildman–Crippen LogP) is 2.61. The van der Waals surface area contributed by atoms with Gasteiger partial charge in [0.25, 0.3) is 0 Å². The quantitative estimate of drug-likeness (QED) is 0.875. The Morgan fingerprint density at radius 3 is 2.29 bits per heavy atom. The van der Waals surface area contributed by atoms with E-state index in [1.165, 1.54) is 12.1 Å². The summed E-state index contributed by atoms with van der Waals surface area (Å²) in [5.41, 5.74) is 6.99. The van der Waals surface area contributed by atoms with Crippen LogP contribution in [0.25, 0.3) is 0 Å². The smallest absolute Gasteiger partial charge is 0.123 e. The monoisotopic (exact) mass is 258 g/mol. The molecule has 3 N–H and O–H groups in total. The van der Waals surface area contributed by atoms with E-state index in [4.69, 9.17) is 5.73 Å². The number of rotatable bonds is 3. The van der Waals surface area contributed by atoms with Crippen LogP contribution in [0.4, 0.5) is 4.39 Å². The van der Waals surface area contributed by atoms with Crippen molar-refractivity contribution < 1.29 is 4.39 Å². The summed E-state index contributed by atoms with van der Waals surface area (Å²) in [7, 11) is 0. The second-order valence-electron chi connectivity index (χ2n) is 4.62. The van der Waals surface area contributed by atoms with E-state index >= 15 is 0 Å². The van der Waals surface area contributed by atoms with Crippen molar-refractivity contribution in [3.8, 4) is 0 Å². The Morgan fingerprint density at radius 2 is 1.71 bits per heavy atom. The summed E-state index contributed by atoms with van der Waals surface area (Å²) in [6.07, 6.45) is 4.53. The zero-order valence-corrected chi connectivity index (χ0v) is 10.7. The number of nitrogens with two attached hydrogens (primary N) is 1. The zero-order valence-electron chi connectivity index (χ0n) is 9.86. The maximum Gasteiger partial charge on any atom is 0.123 e. The van der Waals surface area contributed by atoms with Gasteiger partial charge in [0.1, 0.15) is 5.82 Å². The first kappa shape index (κ1) is 14.4. The molecule has 1 aromatic carbocycles. The summed E-state index contributed by atoms with van der Waals surface area (Å²) < 4.78 is 12.7. The van der Waals surface area contributed by atoms with Gasteiger partial charge >= 0.3 is 0 Å². The molecule has 0 heterocycles. The number of hydrogen-bond donors (Lipinski definition) is 2. The first-order valence-corrected chi connectivity index (χ1v) is 5.97. The van der Waals surface area contributed by atoms with Gasteiger partial charge < -0.3 is 11.1 Å². The minimum atomic E-state index is -0.174. The third-order valence-electron chi connectivity index (χ3n) is 3.28.